The van der Waals surface area contributed by atoms with E-state index in [0.29, 0.717) is 0 Å². The van der Waals surface area contributed by atoms with Crippen molar-refractivity contribution < 1.29 is 4.74 Å². The zero-order chi connectivity index (χ0) is 10.1. The number of benzene rings is 1. The first-order valence-corrected chi connectivity index (χ1v) is 5.43. The van der Waals surface area contributed by atoms with Crippen LogP contribution in [0.15, 0.2) is 12.1 Å². The number of hydrogen-bond acceptors (Lipinski definition) is 1. The van der Waals surface area contributed by atoms with Crippen LogP contribution in [0.25, 0.3) is 0 Å². The van der Waals surface area contributed by atoms with E-state index in [0.717, 1.165) is 11.7 Å². The minimum Gasteiger partial charge on any atom is -0.496 e. The lowest BCUT2D eigenvalue weighted by Crippen LogP contribution is -2.17. The third kappa shape index (κ3) is 1.41. The van der Waals surface area contributed by atoms with Crippen molar-refractivity contribution in [2.75, 3.05) is 7.11 Å². The Hall–Kier alpha value is -0.980. The summed E-state index contributed by atoms with van der Waals surface area (Å²) in [4.78, 5) is 0. The Balaban J connectivity index is 2.27. The van der Waals surface area contributed by atoms with Gasteiger partial charge in [-0.2, -0.15) is 0 Å². The lowest BCUT2D eigenvalue weighted by atomic mass is 9.74. The highest BCUT2D eigenvalue weighted by Gasteiger charge is 2.26. The maximum atomic E-state index is 5.34. The van der Waals surface area contributed by atoms with Gasteiger partial charge in [-0.05, 0) is 48.4 Å². The molecule has 0 saturated carbocycles. The summed E-state index contributed by atoms with van der Waals surface area (Å²) >= 11 is 0. The first-order chi connectivity index (χ1) is 6.76. The quantitative estimate of drug-likeness (QED) is 0.709. The summed E-state index contributed by atoms with van der Waals surface area (Å²) in [6.07, 6.45) is 3.87. The summed E-state index contributed by atoms with van der Waals surface area (Å²) in [5.74, 6) is 1.84. The van der Waals surface area contributed by atoms with Gasteiger partial charge in [0, 0.05) is 0 Å². The lowest BCUT2D eigenvalue weighted by molar-refractivity contribution is 0.408. The zero-order valence-corrected chi connectivity index (χ0v) is 9.26. The van der Waals surface area contributed by atoms with Crippen molar-refractivity contribution in [3.05, 3.63) is 28.8 Å². The highest BCUT2D eigenvalue weighted by atomic mass is 16.5. The van der Waals surface area contributed by atoms with Crippen LogP contribution in [-0.4, -0.2) is 7.11 Å². The van der Waals surface area contributed by atoms with E-state index in [-0.39, 0.29) is 0 Å². The second kappa shape index (κ2) is 3.64. The third-order valence-corrected chi connectivity index (χ3v) is 3.20. The van der Waals surface area contributed by atoms with Crippen molar-refractivity contribution in [1.82, 2.24) is 0 Å². The number of fused-ring (bicyclic) bond motifs is 1. The van der Waals surface area contributed by atoms with Gasteiger partial charge >= 0.3 is 0 Å². The molecule has 1 heteroatoms. The van der Waals surface area contributed by atoms with Crippen LogP contribution >= 0.6 is 0 Å². The Kier molecular flexibility index (Phi) is 2.49. The fraction of sp³-hybridized carbons (Fsp3) is 0.538. The van der Waals surface area contributed by atoms with Gasteiger partial charge in [-0.25, -0.2) is 0 Å². The van der Waals surface area contributed by atoms with Gasteiger partial charge in [-0.1, -0.05) is 19.4 Å². The topological polar surface area (TPSA) is 9.23 Å². The molecule has 1 aromatic rings. The summed E-state index contributed by atoms with van der Waals surface area (Å²) in [6.45, 7) is 4.37. The van der Waals surface area contributed by atoms with Gasteiger partial charge in [0.05, 0.1) is 7.11 Å². The highest BCUT2D eigenvalue weighted by Crippen LogP contribution is 2.41. The molecule has 0 N–H and O–H groups in total. The van der Waals surface area contributed by atoms with Crippen molar-refractivity contribution in [2.45, 2.75) is 39.0 Å². The first-order valence-electron chi connectivity index (χ1n) is 5.43. The predicted octanol–water partition coefficient (Wildman–Crippen LogP) is 3.44. The molecule has 1 aliphatic carbocycles. The summed E-state index contributed by atoms with van der Waals surface area (Å²) in [5, 5.41) is 0. The average Bonchev–Trinajstić information content (AvgIpc) is 2.16. The second-order valence-corrected chi connectivity index (χ2v) is 4.21. The number of ether oxygens (including phenoxy) is 1. The van der Waals surface area contributed by atoms with E-state index in [9.17, 15) is 0 Å². The number of rotatable bonds is 3. The van der Waals surface area contributed by atoms with Crippen LogP contribution in [0.4, 0.5) is 0 Å². The van der Waals surface area contributed by atoms with Crippen LogP contribution in [0.5, 0.6) is 5.75 Å². The first kappa shape index (κ1) is 9.57. The normalized spacial score (nSPS) is 18.6. The van der Waals surface area contributed by atoms with Crippen molar-refractivity contribution in [1.29, 1.82) is 0 Å². The molecule has 76 valence electrons. The molecule has 1 aliphatic rings. The Morgan fingerprint density at radius 1 is 1.43 bits per heavy atom. The summed E-state index contributed by atoms with van der Waals surface area (Å²) in [7, 11) is 1.75. The van der Waals surface area contributed by atoms with Gasteiger partial charge < -0.3 is 4.74 Å². The van der Waals surface area contributed by atoms with E-state index >= 15 is 0 Å². The molecule has 0 bridgehead atoms. The Labute approximate surface area is 86.1 Å². The maximum absolute atomic E-state index is 5.34. The second-order valence-electron chi connectivity index (χ2n) is 4.21. The van der Waals surface area contributed by atoms with Crippen molar-refractivity contribution in [3.8, 4) is 5.75 Å². The number of methoxy groups -OCH3 is 1. The van der Waals surface area contributed by atoms with Crippen molar-refractivity contribution in [3.63, 3.8) is 0 Å². The van der Waals surface area contributed by atoms with E-state index in [2.05, 4.69) is 26.0 Å². The maximum Gasteiger partial charge on any atom is 0.122 e. The molecule has 0 radical (unpaired) electrons. The van der Waals surface area contributed by atoms with Crippen molar-refractivity contribution >= 4 is 0 Å². The molecule has 0 amide bonds. The fourth-order valence-electron chi connectivity index (χ4n) is 2.39. The zero-order valence-electron chi connectivity index (χ0n) is 9.26. The molecule has 1 unspecified atom stereocenters. The minimum atomic E-state index is 0.796. The number of aryl methyl sites for hydroxylation is 1. The smallest absolute Gasteiger partial charge is 0.122 e. The van der Waals surface area contributed by atoms with Gasteiger partial charge in [0.1, 0.15) is 5.75 Å². The van der Waals surface area contributed by atoms with Crippen LogP contribution in [0.2, 0.25) is 0 Å². The van der Waals surface area contributed by atoms with Gasteiger partial charge in [0.2, 0.25) is 0 Å². The highest BCUT2D eigenvalue weighted by molar-refractivity contribution is 5.49. The molecule has 0 fully saturated rings. The average molecular weight is 190 g/mol. The van der Waals surface area contributed by atoms with Crippen LogP contribution in [0, 0.1) is 6.92 Å². The molecular weight excluding hydrogens is 172 g/mol. The monoisotopic (exact) mass is 190 g/mol. The van der Waals surface area contributed by atoms with Crippen LogP contribution < -0.4 is 4.74 Å². The van der Waals surface area contributed by atoms with Gasteiger partial charge in [-0.3, -0.25) is 0 Å². The molecule has 14 heavy (non-hydrogen) atoms. The molecule has 0 heterocycles. The standard InChI is InChI=1S/C13H18O/c1-4-5-10-7-11-6-9(2)13(14-3)8-12(10)11/h6,8,10H,4-5,7H2,1-3H3. The Bertz CT molecular complexity index is 341. The summed E-state index contributed by atoms with van der Waals surface area (Å²) < 4.78 is 5.34. The van der Waals surface area contributed by atoms with Gasteiger partial charge in [0.15, 0.2) is 0 Å². The molecule has 1 nitrogen and oxygen atoms in total. The molecular formula is C13H18O. The van der Waals surface area contributed by atoms with E-state index in [1.807, 2.05) is 0 Å². The molecule has 0 spiro atoms. The molecule has 0 aromatic heterocycles. The predicted molar refractivity (Wildman–Crippen MR) is 59.1 cm³/mol. The molecule has 2 rings (SSSR count). The van der Waals surface area contributed by atoms with E-state index < -0.39 is 0 Å². The molecule has 0 aliphatic heterocycles. The number of hydrogen-bond donors (Lipinski definition) is 0. The van der Waals surface area contributed by atoms with E-state index in [4.69, 9.17) is 4.74 Å². The van der Waals surface area contributed by atoms with E-state index in [1.54, 1.807) is 7.11 Å². The molecule has 0 saturated heterocycles. The van der Waals surface area contributed by atoms with E-state index in [1.165, 1.54) is 36.0 Å². The van der Waals surface area contributed by atoms with Crippen LogP contribution in [0.3, 0.4) is 0 Å². The minimum absolute atomic E-state index is 0.796. The summed E-state index contributed by atoms with van der Waals surface area (Å²) in [6, 6.07) is 4.51. The molecule has 1 aromatic carbocycles. The van der Waals surface area contributed by atoms with Crippen LogP contribution in [0.1, 0.15) is 42.4 Å². The lowest BCUT2D eigenvalue weighted by Gasteiger charge is -2.31. The Morgan fingerprint density at radius 3 is 2.86 bits per heavy atom. The SMILES string of the molecule is CCCC1Cc2cc(C)c(OC)cc21. The Morgan fingerprint density at radius 2 is 2.21 bits per heavy atom. The van der Waals surface area contributed by atoms with Gasteiger partial charge in [0.25, 0.3) is 0 Å². The largest absolute Gasteiger partial charge is 0.496 e. The fourth-order valence-corrected chi connectivity index (χ4v) is 2.39. The third-order valence-electron chi connectivity index (χ3n) is 3.20. The van der Waals surface area contributed by atoms with Gasteiger partial charge in [-0.15, -0.1) is 0 Å². The van der Waals surface area contributed by atoms with Crippen LogP contribution in [-0.2, 0) is 6.42 Å². The van der Waals surface area contributed by atoms with Crippen molar-refractivity contribution in [2.24, 2.45) is 0 Å². The summed E-state index contributed by atoms with van der Waals surface area (Å²) in [5.41, 5.74) is 4.32. The molecule has 1 atom stereocenters.